The van der Waals surface area contributed by atoms with Gasteiger partial charge in [-0.1, -0.05) is 25.7 Å². The lowest BCUT2D eigenvalue weighted by Gasteiger charge is -2.23. The Kier molecular flexibility index (Phi) is 4.69. The largest absolute Gasteiger partial charge is 0.360 e. The van der Waals surface area contributed by atoms with E-state index >= 15 is 0 Å². The SMILES string of the molecule is Cc1cc(F)cc2[nH]cc(C(=O)N(C)CC3CCCCCC3)c12. The number of aryl methyl sites for hydroxylation is 1. The minimum atomic E-state index is -0.275. The lowest BCUT2D eigenvalue weighted by Crippen LogP contribution is -2.31. The van der Waals surface area contributed by atoms with Crippen LogP contribution in [-0.4, -0.2) is 29.4 Å². The van der Waals surface area contributed by atoms with E-state index in [0.717, 1.165) is 17.5 Å². The summed E-state index contributed by atoms with van der Waals surface area (Å²) in [5.74, 6) is 0.355. The topological polar surface area (TPSA) is 36.1 Å². The van der Waals surface area contributed by atoms with Gasteiger partial charge in [-0.05, 0) is 43.4 Å². The number of aromatic nitrogens is 1. The van der Waals surface area contributed by atoms with Gasteiger partial charge in [-0.15, -0.1) is 0 Å². The molecule has 1 aliphatic carbocycles. The van der Waals surface area contributed by atoms with Gasteiger partial charge in [0.25, 0.3) is 5.91 Å². The van der Waals surface area contributed by atoms with E-state index in [1.165, 1.54) is 50.7 Å². The Bertz CT molecular complexity index is 699. The molecule has 1 amide bonds. The molecule has 0 unspecified atom stereocenters. The summed E-state index contributed by atoms with van der Waals surface area (Å²) in [5, 5.41) is 0.837. The molecule has 1 heterocycles. The van der Waals surface area contributed by atoms with Crippen molar-refractivity contribution in [2.45, 2.75) is 45.4 Å². The average Bonchev–Trinajstić information content (AvgIpc) is 2.76. The quantitative estimate of drug-likeness (QED) is 0.822. The van der Waals surface area contributed by atoms with E-state index in [1.807, 2.05) is 18.9 Å². The molecule has 1 aliphatic rings. The molecule has 0 spiro atoms. The Hall–Kier alpha value is -1.84. The van der Waals surface area contributed by atoms with Crippen molar-refractivity contribution in [2.75, 3.05) is 13.6 Å². The van der Waals surface area contributed by atoms with Crippen LogP contribution in [0.2, 0.25) is 0 Å². The van der Waals surface area contributed by atoms with Gasteiger partial charge in [0.1, 0.15) is 5.82 Å². The zero-order valence-corrected chi connectivity index (χ0v) is 14.0. The van der Waals surface area contributed by atoms with Gasteiger partial charge in [0.2, 0.25) is 0 Å². The minimum Gasteiger partial charge on any atom is -0.360 e. The van der Waals surface area contributed by atoms with E-state index in [4.69, 9.17) is 0 Å². The van der Waals surface area contributed by atoms with Gasteiger partial charge in [-0.3, -0.25) is 4.79 Å². The van der Waals surface area contributed by atoms with Crippen LogP contribution >= 0.6 is 0 Å². The average molecular weight is 316 g/mol. The highest BCUT2D eigenvalue weighted by molar-refractivity contribution is 6.07. The summed E-state index contributed by atoms with van der Waals surface area (Å²) in [6.45, 7) is 2.66. The smallest absolute Gasteiger partial charge is 0.255 e. The van der Waals surface area contributed by atoms with Crippen LogP contribution in [0.15, 0.2) is 18.3 Å². The lowest BCUT2D eigenvalue weighted by atomic mass is 9.99. The van der Waals surface area contributed by atoms with Crippen molar-refractivity contribution in [1.29, 1.82) is 0 Å². The van der Waals surface area contributed by atoms with E-state index in [2.05, 4.69) is 4.98 Å². The third kappa shape index (κ3) is 3.41. The van der Waals surface area contributed by atoms with Crippen molar-refractivity contribution in [1.82, 2.24) is 9.88 Å². The minimum absolute atomic E-state index is 0.0233. The van der Waals surface area contributed by atoms with E-state index in [1.54, 1.807) is 6.20 Å². The summed E-state index contributed by atoms with van der Waals surface area (Å²) in [6, 6.07) is 2.93. The summed E-state index contributed by atoms with van der Waals surface area (Å²) < 4.78 is 13.5. The number of amides is 1. The first-order chi connectivity index (χ1) is 11.1. The molecule has 3 rings (SSSR count). The Morgan fingerprint density at radius 1 is 1.26 bits per heavy atom. The first-order valence-corrected chi connectivity index (χ1v) is 8.59. The zero-order valence-electron chi connectivity index (χ0n) is 14.0. The number of hydrogen-bond donors (Lipinski definition) is 1. The number of benzene rings is 1. The summed E-state index contributed by atoms with van der Waals surface area (Å²) in [5.41, 5.74) is 2.13. The Morgan fingerprint density at radius 3 is 2.65 bits per heavy atom. The highest BCUT2D eigenvalue weighted by Crippen LogP contribution is 2.27. The van der Waals surface area contributed by atoms with Crippen LogP contribution in [0.5, 0.6) is 0 Å². The van der Waals surface area contributed by atoms with Gasteiger partial charge in [0, 0.05) is 30.7 Å². The Morgan fingerprint density at radius 2 is 1.96 bits per heavy atom. The maximum Gasteiger partial charge on any atom is 0.255 e. The van der Waals surface area contributed by atoms with Gasteiger partial charge >= 0.3 is 0 Å². The number of rotatable bonds is 3. The molecular weight excluding hydrogens is 291 g/mol. The molecule has 1 fully saturated rings. The number of aromatic amines is 1. The van der Waals surface area contributed by atoms with Crippen molar-refractivity contribution >= 4 is 16.8 Å². The second-order valence-electron chi connectivity index (χ2n) is 6.89. The molecule has 23 heavy (non-hydrogen) atoms. The molecule has 4 heteroatoms. The molecule has 1 aromatic heterocycles. The summed E-state index contributed by atoms with van der Waals surface area (Å²) in [6.07, 6.45) is 9.34. The molecule has 0 saturated heterocycles. The van der Waals surface area contributed by atoms with Gasteiger partial charge in [0.15, 0.2) is 0 Å². The maximum atomic E-state index is 13.5. The summed E-state index contributed by atoms with van der Waals surface area (Å²) in [4.78, 5) is 17.7. The number of nitrogens with zero attached hydrogens (tertiary/aromatic N) is 1. The molecule has 1 N–H and O–H groups in total. The Labute approximate surface area is 136 Å². The Balaban J connectivity index is 1.79. The van der Waals surface area contributed by atoms with Gasteiger partial charge in [0.05, 0.1) is 5.56 Å². The van der Waals surface area contributed by atoms with Crippen molar-refractivity contribution in [3.05, 3.63) is 35.3 Å². The van der Waals surface area contributed by atoms with Crippen LogP contribution < -0.4 is 0 Å². The van der Waals surface area contributed by atoms with Crippen LogP contribution in [0, 0.1) is 18.7 Å². The fourth-order valence-corrected chi connectivity index (χ4v) is 3.83. The van der Waals surface area contributed by atoms with Crippen LogP contribution in [0.3, 0.4) is 0 Å². The van der Waals surface area contributed by atoms with Gasteiger partial charge in [-0.2, -0.15) is 0 Å². The van der Waals surface area contributed by atoms with Gasteiger partial charge in [-0.25, -0.2) is 4.39 Å². The van der Waals surface area contributed by atoms with Crippen LogP contribution in [0.4, 0.5) is 4.39 Å². The maximum absolute atomic E-state index is 13.5. The molecule has 0 atom stereocenters. The normalized spacial score (nSPS) is 16.5. The van der Waals surface area contributed by atoms with Crippen LogP contribution in [0.25, 0.3) is 10.9 Å². The number of fused-ring (bicyclic) bond motifs is 1. The molecule has 0 aliphatic heterocycles. The van der Waals surface area contributed by atoms with E-state index < -0.39 is 0 Å². The van der Waals surface area contributed by atoms with Crippen molar-refractivity contribution in [2.24, 2.45) is 5.92 Å². The molecular formula is C19H25FN2O. The monoisotopic (exact) mass is 316 g/mol. The number of H-pyrrole nitrogens is 1. The van der Waals surface area contributed by atoms with E-state index in [9.17, 15) is 9.18 Å². The standard InChI is InChI=1S/C19H25FN2O/c1-13-9-15(20)10-17-18(13)16(11-21-17)19(23)22(2)12-14-7-5-3-4-6-8-14/h9-11,14,21H,3-8,12H2,1-2H3. The van der Waals surface area contributed by atoms with Gasteiger partial charge < -0.3 is 9.88 Å². The molecule has 1 aromatic carbocycles. The molecule has 1 saturated carbocycles. The molecule has 0 radical (unpaired) electrons. The highest BCUT2D eigenvalue weighted by Gasteiger charge is 2.21. The number of halogens is 1. The number of carbonyl (C=O) groups is 1. The van der Waals surface area contributed by atoms with E-state index in [-0.39, 0.29) is 11.7 Å². The third-order valence-corrected chi connectivity index (χ3v) is 5.03. The van der Waals surface area contributed by atoms with Crippen molar-refractivity contribution in [3.8, 4) is 0 Å². The van der Waals surface area contributed by atoms with Crippen molar-refractivity contribution < 1.29 is 9.18 Å². The lowest BCUT2D eigenvalue weighted by molar-refractivity contribution is 0.0769. The summed E-state index contributed by atoms with van der Waals surface area (Å²) in [7, 11) is 1.88. The first-order valence-electron chi connectivity index (χ1n) is 8.59. The number of hydrogen-bond acceptors (Lipinski definition) is 1. The molecule has 124 valence electrons. The predicted molar refractivity (Wildman–Crippen MR) is 91.1 cm³/mol. The van der Waals surface area contributed by atoms with Crippen LogP contribution in [0.1, 0.15) is 54.4 Å². The second kappa shape index (κ2) is 6.73. The van der Waals surface area contributed by atoms with E-state index in [0.29, 0.717) is 17.0 Å². The van der Waals surface area contributed by atoms with Crippen molar-refractivity contribution in [3.63, 3.8) is 0 Å². The number of carbonyl (C=O) groups excluding carboxylic acids is 1. The van der Waals surface area contributed by atoms with Crippen LogP contribution in [-0.2, 0) is 0 Å². The second-order valence-corrected chi connectivity index (χ2v) is 6.89. The fraction of sp³-hybridized carbons (Fsp3) is 0.526. The highest BCUT2D eigenvalue weighted by atomic mass is 19.1. The molecule has 2 aromatic rings. The molecule has 3 nitrogen and oxygen atoms in total. The zero-order chi connectivity index (χ0) is 16.4. The predicted octanol–water partition coefficient (Wildman–Crippen LogP) is 4.66. The fourth-order valence-electron chi connectivity index (χ4n) is 3.83. The molecule has 0 bridgehead atoms. The summed E-state index contributed by atoms with van der Waals surface area (Å²) >= 11 is 0. The number of nitrogens with one attached hydrogen (secondary N) is 1. The first kappa shape index (κ1) is 16.0. The third-order valence-electron chi connectivity index (χ3n) is 5.03.